The summed E-state index contributed by atoms with van der Waals surface area (Å²) in [7, 11) is 0. The van der Waals surface area contributed by atoms with Crippen LogP contribution in [-0.4, -0.2) is 45.6 Å². The van der Waals surface area contributed by atoms with Gasteiger partial charge < -0.3 is 20.4 Å². The summed E-state index contributed by atoms with van der Waals surface area (Å²) in [6, 6.07) is 13.5. The smallest absolute Gasteiger partial charge is 0.324 e. The second-order valence-corrected chi connectivity index (χ2v) is 16.5. The van der Waals surface area contributed by atoms with E-state index < -0.39 is 24.1 Å². The molecule has 1 aliphatic heterocycles. The third-order valence-corrected chi connectivity index (χ3v) is 11.7. The van der Waals surface area contributed by atoms with E-state index in [1.165, 1.54) is 35.7 Å². The maximum atomic E-state index is 14.2. The van der Waals surface area contributed by atoms with Gasteiger partial charge in [-0.1, -0.05) is 113 Å². The first-order chi connectivity index (χ1) is 26.0. The Balaban J connectivity index is 1.50. The quantitative estimate of drug-likeness (QED) is 0.129. The van der Waals surface area contributed by atoms with E-state index in [4.69, 9.17) is 45.3 Å². The van der Waals surface area contributed by atoms with Gasteiger partial charge in [-0.15, -0.1) is 5.10 Å². The molecule has 2 unspecified atom stereocenters. The van der Waals surface area contributed by atoms with Gasteiger partial charge >= 0.3 is 6.03 Å². The molecule has 3 aromatic carbocycles. The molecule has 0 saturated carbocycles. The largest absolute Gasteiger partial charge is 0.480 e. The molecule has 0 radical (unpaired) electrons. The summed E-state index contributed by atoms with van der Waals surface area (Å²) in [5.41, 5.74) is 8.72. The Kier molecular flexibility index (Phi) is 12.9. The summed E-state index contributed by atoms with van der Waals surface area (Å²) in [5.74, 6) is -0.351. The summed E-state index contributed by atoms with van der Waals surface area (Å²) in [4.78, 5) is 46.9. The highest BCUT2D eigenvalue weighted by atomic mass is 35.5. The van der Waals surface area contributed by atoms with Gasteiger partial charge in [0.25, 0.3) is 11.8 Å². The fourth-order valence-electron chi connectivity index (χ4n) is 6.16. The molecular formula is C40H46Cl3N7O4S. The van der Waals surface area contributed by atoms with Gasteiger partial charge in [-0.05, 0) is 78.3 Å². The van der Waals surface area contributed by atoms with Crippen LogP contribution in [0.3, 0.4) is 0 Å². The van der Waals surface area contributed by atoms with E-state index in [-0.39, 0.29) is 49.0 Å². The highest BCUT2D eigenvalue weighted by Crippen LogP contribution is 2.42. The summed E-state index contributed by atoms with van der Waals surface area (Å²) in [6.07, 6.45) is 6.35. The number of benzene rings is 3. The summed E-state index contributed by atoms with van der Waals surface area (Å²) < 4.78 is 8.07. The van der Waals surface area contributed by atoms with Crippen LogP contribution in [0, 0.1) is 0 Å². The first kappa shape index (κ1) is 41.9. The molecule has 0 fully saturated rings. The highest BCUT2D eigenvalue weighted by molar-refractivity contribution is 7.98. The molecule has 15 heteroatoms. The standard InChI is InChI=1S/C40H46Cl3N7O4S/c1-9-30(54-31-16-15-23(39(4,5)10-2)19-27(31)40(6,7)11-3)35(51)46-25-13-12-14-26(22-25)49(37(44)53)34-33(48-18-17-45-38(48)55-8)36(52)50(47-34)32-28(42)20-24(41)21-29(32)43/h12-22,30,33H,9-11H2,1-8H3,(H2,44,53)(H,46,51). The van der Waals surface area contributed by atoms with Crippen LogP contribution in [0.4, 0.5) is 21.9 Å². The molecule has 3 N–H and O–H groups in total. The number of aromatic nitrogens is 2. The summed E-state index contributed by atoms with van der Waals surface area (Å²) >= 11 is 20.5. The minimum absolute atomic E-state index is 0.0237. The molecule has 292 valence electrons. The molecule has 4 amide bonds. The predicted octanol–water partition coefficient (Wildman–Crippen LogP) is 10.2. The Bertz CT molecular complexity index is 2110. The molecular weight excluding hydrogens is 781 g/mol. The first-order valence-corrected chi connectivity index (χ1v) is 20.3. The molecule has 5 rings (SSSR count). The number of anilines is 3. The Morgan fingerprint density at radius 2 is 1.67 bits per heavy atom. The van der Waals surface area contributed by atoms with Gasteiger partial charge in [-0.25, -0.2) is 14.7 Å². The van der Waals surface area contributed by atoms with Crippen LogP contribution >= 0.6 is 46.6 Å². The molecule has 0 bridgehead atoms. The van der Waals surface area contributed by atoms with Crippen molar-refractivity contribution in [2.75, 3.05) is 21.5 Å². The molecule has 11 nitrogen and oxygen atoms in total. The number of hydrogen-bond acceptors (Lipinski definition) is 7. The van der Waals surface area contributed by atoms with Gasteiger partial charge in [-0.2, -0.15) is 5.01 Å². The zero-order chi connectivity index (χ0) is 40.4. The third-order valence-electron chi connectivity index (χ3n) is 10.2. The molecule has 0 saturated heterocycles. The number of amidine groups is 1. The average molecular weight is 827 g/mol. The molecule has 1 aliphatic rings. The number of hydrazone groups is 1. The van der Waals surface area contributed by atoms with Gasteiger partial charge in [0, 0.05) is 28.7 Å². The van der Waals surface area contributed by atoms with Gasteiger partial charge in [0.1, 0.15) is 11.4 Å². The van der Waals surface area contributed by atoms with Gasteiger partial charge in [0.15, 0.2) is 23.1 Å². The number of carbonyl (C=O) groups excluding carboxylic acids is 3. The van der Waals surface area contributed by atoms with Crippen molar-refractivity contribution in [3.63, 3.8) is 0 Å². The van der Waals surface area contributed by atoms with Crippen LogP contribution in [0.2, 0.25) is 15.1 Å². The highest BCUT2D eigenvalue weighted by Gasteiger charge is 2.45. The van der Waals surface area contributed by atoms with Crippen molar-refractivity contribution in [1.29, 1.82) is 0 Å². The lowest BCUT2D eigenvalue weighted by Crippen LogP contribution is -2.45. The van der Waals surface area contributed by atoms with Crippen molar-refractivity contribution in [2.24, 2.45) is 10.8 Å². The number of carbonyl (C=O) groups is 3. The minimum atomic E-state index is -1.20. The van der Waals surface area contributed by atoms with Crippen LogP contribution in [0.15, 0.2) is 77.2 Å². The zero-order valence-electron chi connectivity index (χ0n) is 32.1. The zero-order valence-corrected chi connectivity index (χ0v) is 35.2. The first-order valence-electron chi connectivity index (χ1n) is 17.9. The lowest BCUT2D eigenvalue weighted by atomic mass is 9.76. The molecule has 0 aliphatic carbocycles. The Morgan fingerprint density at radius 3 is 2.27 bits per heavy atom. The van der Waals surface area contributed by atoms with E-state index >= 15 is 0 Å². The lowest BCUT2D eigenvalue weighted by Gasteiger charge is -2.31. The molecule has 1 aromatic heterocycles. The van der Waals surface area contributed by atoms with E-state index in [0.29, 0.717) is 23.0 Å². The number of amides is 4. The number of hydrogen-bond donors (Lipinski definition) is 2. The van der Waals surface area contributed by atoms with E-state index in [2.05, 4.69) is 69.1 Å². The maximum absolute atomic E-state index is 14.2. The normalized spacial score (nSPS) is 15.2. The summed E-state index contributed by atoms with van der Waals surface area (Å²) in [5, 5.41) is 9.45. The monoisotopic (exact) mass is 825 g/mol. The second kappa shape index (κ2) is 16.9. The summed E-state index contributed by atoms with van der Waals surface area (Å²) in [6.45, 7) is 15.0. The van der Waals surface area contributed by atoms with Crippen LogP contribution < -0.4 is 25.7 Å². The minimum Gasteiger partial charge on any atom is -0.480 e. The molecule has 4 aromatic rings. The van der Waals surface area contributed by atoms with Gasteiger partial charge in [0.05, 0.1) is 15.7 Å². The van der Waals surface area contributed by atoms with Crippen molar-refractivity contribution >= 4 is 87.3 Å². The van der Waals surface area contributed by atoms with E-state index in [9.17, 15) is 14.4 Å². The molecule has 2 heterocycles. The second-order valence-electron chi connectivity index (χ2n) is 14.5. The van der Waals surface area contributed by atoms with E-state index in [0.717, 1.165) is 28.3 Å². The Morgan fingerprint density at radius 1 is 1.00 bits per heavy atom. The van der Waals surface area contributed by atoms with Crippen molar-refractivity contribution in [1.82, 2.24) is 9.55 Å². The molecule has 55 heavy (non-hydrogen) atoms. The number of nitrogens with zero attached hydrogens (tertiary/aromatic N) is 5. The lowest BCUT2D eigenvalue weighted by molar-refractivity contribution is -0.123. The topological polar surface area (TPSA) is 135 Å². The number of primary amides is 1. The van der Waals surface area contributed by atoms with Crippen molar-refractivity contribution in [2.45, 2.75) is 95.9 Å². The van der Waals surface area contributed by atoms with Crippen LogP contribution in [-0.2, 0) is 20.4 Å². The number of ether oxygens (including phenoxy) is 1. The van der Waals surface area contributed by atoms with Crippen molar-refractivity contribution < 1.29 is 19.1 Å². The average Bonchev–Trinajstić information content (AvgIpc) is 3.73. The maximum Gasteiger partial charge on any atom is 0.324 e. The van der Waals surface area contributed by atoms with Crippen molar-refractivity contribution in [3.8, 4) is 5.75 Å². The molecule has 2 atom stereocenters. The Hall–Kier alpha value is -4.23. The van der Waals surface area contributed by atoms with Crippen molar-refractivity contribution in [3.05, 3.63) is 93.2 Å². The van der Waals surface area contributed by atoms with Crippen LogP contribution in [0.5, 0.6) is 5.75 Å². The van der Waals surface area contributed by atoms with Crippen LogP contribution in [0.1, 0.15) is 84.9 Å². The third kappa shape index (κ3) is 8.62. The number of thioether (sulfide) groups is 1. The number of nitrogens with one attached hydrogen (secondary N) is 1. The van der Waals surface area contributed by atoms with E-state index in [1.54, 1.807) is 41.3 Å². The number of nitrogens with two attached hydrogens (primary N) is 1. The number of imidazole rings is 1. The predicted molar refractivity (Wildman–Crippen MR) is 224 cm³/mol. The number of urea groups is 1. The van der Waals surface area contributed by atoms with Crippen LogP contribution in [0.25, 0.3) is 0 Å². The SMILES string of the molecule is CCC(Oc1ccc(C(C)(C)CC)cc1C(C)(C)CC)C(=O)Nc1cccc(N(C(N)=O)C2=NN(c3c(Cl)cc(Cl)cc3Cl)C(=O)C2n2ccnc2SC)c1. The van der Waals surface area contributed by atoms with Gasteiger partial charge in [-0.3, -0.25) is 9.59 Å². The fourth-order valence-corrected chi connectivity index (χ4v) is 7.69. The number of halogens is 3. The van der Waals surface area contributed by atoms with Gasteiger partial charge in [0.2, 0.25) is 0 Å². The molecule has 0 spiro atoms. The van der Waals surface area contributed by atoms with E-state index in [1.807, 2.05) is 13.0 Å². The fraction of sp³-hybridized carbons (Fsp3) is 0.375. The Labute approximate surface area is 341 Å². The number of rotatable bonds is 13.